The third kappa shape index (κ3) is 3.81. The van der Waals surface area contributed by atoms with E-state index >= 15 is 0 Å². The van der Waals surface area contributed by atoms with Crippen LogP contribution in [0.3, 0.4) is 0 Å². The second kappa shape index (κ2) is 7.20. The Labute approximate surface area is 149 Å². The van der Waals surface area contributed by atoms with Gasteiger partial charge in [0.05, 0.1) is 12.7 Å². The molecule has 26 heavy (non-hydrogen) atoms. The first-order valence-corrected chi connectivity index (χ1v) is 8.32. The predicted molar refractivity (Wildman–Crippen MR) is 89.5 cm³/mol. The fourth-order valence-corrected chi connectivity index (χ4v) is 3.37. The molecule has 0 unspecified atom stereocenters. The minimum absolute atomic E-state index is 0.0439. The van der Waals surface area contributed by atoms with Gasteiger partial charge in [-0.25, -0.2) is 9.97 Å². The first-order chi connectivity index (χ1) is 12.3. The van der Waals surface area contributed by atoms with Gasteiger partial charge in [-0.05, 0) is 24.5 Å². The van der Waals surface area contributed by atoms with Crippen molar-refractivity contribution in [3.63, 3.8) is 0 Å². The molecule has 2 heterocycles. The van der Waals surface area contributed by atoms with E-state index in [0.717, 1.165) is 17.8 Å². The number of aliphatic hydroxyl groups excluding tert-OH is 2. The first-order valence-electron chi connectivity index (χ1n) is 8.32. The summed E-state index contributed by atoms with van der Waals surface area (Å²) < 4.78 is 38.7. The number of aliphatic hydroxyl groups is 2. The molecule has 5 nitrogen and oxygen atoms in total. The Kier molecular flexibility index (Phi) is 5.15. The minimum atomic E-state index is -4.55. The van der Waals surface area contributed by atoms with Gasteiger partial charge in [-0.1, -0.05) is 30.3 Å². The smallest absolute Gasteiger partial charge is 0.396 e. The normalized spacial score (nSPS) is 23.9. The Morgan fingerprint density at radius 2 is 1.92 bits per heavy atom. The molecule has 1 aliphatic heterocycles. The largest absolute Gasteiger partial charge is 0.433 e. The maximum Gasteiger partial charge on any atom is 0.433 e. The van der Waals surface area contributed by atoms with Crippen LogP contribution in [0.4, 0.5) is 19.1 Å². The van der Waals surface area contributed by atoms with E-state index in [9.17, 15) is 23.4 Å². The molecule has 0 spiro atoms. The van der Waals surface area contributed by atoms with E-state index in [1.807, 2.05) is 30.3 Å². The summed E-state index contributed by atoms with van der Waals surface area (Å²) in [6, 6.07) is 10.2. The van der Waals surface area contributed by atoms with E-state index in [2.05, 4.69) is 9.97 Å². The molecule has 0 saturated carbocycles. The van der Waals surface area contributed by atoms with E-state index in [4.69, 9.17) is 0 Å². The lowest BCUT2D eigenvalue weighted by atomic mass is 9.73. The number of nitrogens with zero attached hydrogens (tertiary/aromatic N) is 3. The van der Waals surface area contributed by atoms with Crippen LogP contribution in [0.15, 0.2) is 42.6 Å². The Balaban J connectivity index is 1.87. The zero-order chi connectivity index (χ0) is 18.8. The second-order valence-electron chi connectivity index (χ2n) is 6.65. The Morgan fingerprint density at radius 3 is 2.58 bits per heavy atom. The third-order valence-electron chi connectivity index (χ3n) is 4.82. The van der Waals surface area contributed by atoms with Crippen LogP contribution in [-0.4, -0.2) is 46.0 Å². The summed E-state index contributed by atoms with van der Waals surface area (Å²) in [5, 5.41) is 20.5. The van der Waals surface area contributed by atoms with Crippen molar-refractivity contribution in [2.24, 2.45) is 5.41 Å². The van der Waals surface area contributed by atoms with E-state index in [-0.39, 0.29) is 19.1 Å². The van der Waals surface area contributed by atoms with Gasteiger partial charge in [0.25, 0.3) is 0 Å². The molecule has 0 radical (unpaired) electrons. The van der Waals surface area contributed by atoms with Crippen molar-refractivity contribution in [1.82, 2.24) is 9.97 Å². The number of hydrogen-bond acceptors (Lipinski definition) is 5. The highest BCUT2D eigenvalue weighted by atomic mass is 19.4. The van der Waals surface area contributed by atoms with Crippen LogP contribution >= 0.6 is 0 Å². The van der Waals surface area contributed by atoms with E-state index in [0.29, 0.717) is 19.4 Å². The lowest BCUT2D eigenvalue weighted by Crippen LogP contribution is -2.55. The predicted octanol–water partition coefficient (Wildman–Crippen LogP) is 2.29. The molecule has 8 heteroatoms. The Bertz CT molecular complexity index is 742. The molecule has 1 aromatic heterocycles. The summed E-state index contributed by atoms with van der Waals surface area (Å²) in [6.45, 7) is 0.193. The molecular formula is C18H20F3N3O2. The summed E-state index contributed by atoms with van der Waals surface area (Å²) in [6.07, 6.45) is -3.53. The van der Waals surface area contributed by atoms with Crippen molar-refractivity contribution in [2.45, 2.75) is 25.1 Å². The molecule has 0 amide bonds. The maximum atomic E-state index is 12.9. The van der Waals surface area contributed by atoms with Crippen LogP contribution in [0, 0.1) is 5.41 Å². The van der Waals surface area contributed by atoms with Gasteiger partial charge in [0.2, 0.25) is 5.95 Å². The maximum absolute atomic E-state index is 12.9. The molecule has 0 aliphatic carbocycles. The molecule has 2 aromatic rings. The summed E-state index contributed by atoms with van der Waals surface area (Å²) in [5.41, 5.74) is -0.962. The number of hydrogen-bond donors (Lipinski definition) is 2. The molecular weight excluding hydrogens is 347 g/mol. The summed E-state index contributed by atoms with van der Waals surface area (Å²) in [7, 11) is 0. The molecule has 1 fully saturated rings. The average molecular weight is 367 g/mol. The monoisotopic (exact) mass is 367 g/mol. The number of anilines is 1. The number of halogens is 3. The summed E-state index contributed by atoms with van der Waals surface area (Å²) in [4.78, 5) is 9.18. The lowest BCUT2D eigenvalue weighted by Gasteiger charge is -2.45. The van der Waals surface area contributed by atoms with Gasteiger partial charge in [-0.15, -0.1) is 0 Å². The second-order valence-corrected chi connectivity index (χ2v) is 6.65. The fourth-order valence-electron chi connectivity index (χ4n) is 3.37. The van der Waals surface area contributed by atoms with Crippen molar-refractivity contribution in [1.29, 1.82) is 0 Å². The Morgan fingerprint density at radius 1 is 1.19 bits per heavy atom. The van der Waals surface area contributed by atoms with Crippen LogP contribution in [0.25, 0.3) is 0 Å². The topological polar surface area (TPSA) is 69.5 Å². The van der Waals surface area contributed by atoms with Gasteiger partial charge in [0.1, 0.15) is 5.69 Å². The van der Waals surface area contributed by atoms with Crippen LogP contribution in [0.5, 0.6) is 0 Å². The standard InChI is InChI=1S/C18H20F3N3O2/c19-18(20,21)14-6-8-22-16(23-14)24-9-7-15(26)17(11-24,12-25)10-13-4-2-1-3-5-13/h1-6,8,15,25-26H,7,9-12H2/t15-,17+/m1/s1. The quantitative estimate of drug-likeness (QED) is 0.868. The highest BCUT2D eigenvalue weighted by molar-refractivity contribution is 5.34. The SMILES string of the molecule is OC[C@]1(Cc2ccccc2)CN(c2nccc(C(F)(F)F)n2)CC[C@H]1O. The number of benzene rings is 1. The molecule has 2 atom stereocenters. The number of alkyl halides is 3. The van der Waals surface area contributed by atoms with Crippen LogP contribution in [-0.2, 0) is 12.6 Å². The molecule has 140 valence electrons. The molecule has 1 saturated heterocycles. The van der Waals surface area contributed by atoms with Gasteiger partial charge in [-0.3, -0.25) is 0 Å². The van der Waals surface area contributed by atoms with Gasteiger partial charge < -0.3 is 15.1 Å². The van der Waals surface area contributed by atoms with E-state index < -0.39 is 23.4 Å². The van der Waals surface area contributed by atoms with Gasteiger partial charge >= 0.3 is 6.18 Å². The minimum Gasteiger partial charge on any atom is -0.396 e. The van der Waals surface area contributed by atoms with Crippen molar-refractivity contribution >= 4 is 5.95 Å². The van der Waals surface area contributed by atoms with Crippen molar-refractivity contribution in [3.8, 4) is 0 Å². The third-order valence-corrected chi connectivity index (χ3v) is 4.82. The number of aromatic nitrogens is 2. The Hall–Kier alpha value is -2.19. The molecule has 0 bridgehead atoms. The van der Waals surface area contributed by atoms with E-state index in [1.165, 1.54) is 0 Å². The molecule has 2 N–H and O–H groups in total. The number of piperidine rings is 1. The first kappa shape index (κ1) is 18.6. The van der Waals surface area contributed by atoms with Crippen molar-refractivity contribution in [3.05, 3.63) is 53.9 Å². The van der Waals surface area contributed by atoms with Crippen LogP contribution in [0.1, 0.15) is 17.7 Å². The van der Waals surface area contributed by atoms with Gasteiger partial charge in [-0.2, -0.15) is 13.2 Å². The lowest BCUT2D eigenvalue weighted by molar-refractivity contribution is -0.141. The summed E-state index contributed by atoms with van der Waals surface area (Å²) in [5.74, 6) is -0.0439. The van der Waals surface area contributed by atoms with Crippen LogP contribution < -0.4 is 4.90 Å². The molecule has 3 rings (SSSR count). The van der Waals surface area contributed by atoms with Gasteiger partial charge in [0.15, 0.2) is 0 Å². The summed E-state index contributed by atoms with van der Waals surface area (Å²) >= 11 is 0. The fraction of sp³-hybridized carbons (Fsp3) is 0.444. The highest BCUT2D eigenvalue weighted by Crippen LogP contribution is 2.36. The zero-order valence-corrected chi connectivity index (χ0v) is 14.0. The van der Waals surface area contributed by atoms with Crippen LogP contribution in [0.2, 0.25) is 0 Å². The van der Waals surface area contributed by atoms with Gasteiger partial charge in [0, 0.05) is 24.7 Å². The highest BCUT2D eigenvalue weighted by Gasteiger charge is 2.43. The van der Waals surface area contributed by atoms with E-state index in [1.54, 1.807) is 4.90 Å². The number of rotatable bonds is 4. The van der Waals surface area contributed by atoms with Crippen molar-refractivity contribution in [2.75, 3.05) is 24.6 Å². The molecule has 1 aromatic carbocycles. The zero-order valence-electron chi connectivity index (χ0n) is 14.0. The molecule has 1 aliphatic rings. The van der Waals surface area contributed by atoms with Crippen molar-refractivity contribution < 1.29 is 23.4 Å². The average Bonchev–Trinajstić information content (AvgIpc) is 2.64.